The van der Waals surface area contributed by atoms with Gasteiger partial charge in [-0.25, -0.2) is 4.98 Å². The van der Waals surface area contributed by atoms with Crippen LogP contribution < -0.4 is 5.32 Å². The van der Waals surface area contributed by atoms with E-state index < -0.39 is 0 Å². The molecule has 7 heteroatoms. The summed E-state index contributed by atoms with van der Waals surface area (Å²) in [5, 5.41) is 6.57. The quantitative estimate of drug-likeness (QED) is 0.300. The SMILES string of the molecule is Cc1nc(SCC(=O)Nc2ccc3ccccc3c2)sc1Cc1cc(Cl)ccc1Cl. The number of halogens is 2. The van der Waals surface area contributed by atoms with Gasteiger partial charge in [0.25, 0.3) is 0 Å². The Kier molecular flexibility index (Phi) is 6.64. The molecule has 0 atom stereocenters. The molecule has 0 aliphatic heterocycles. The second-order valence-electron chi connectivity index (χ2n) is 6.80. The van der Waals surface area contributed by atoms with Crippen LogP contribution in [0.4, 0.5) is 5.69 Å². The smallest absolute Gasteiger partial charge is 0.234 e. The number of rotatable bonds is 6. The van der Waals surface area contributed by atoms with E-state index in [9.17, 15) is 4.79 Å². The fourth-order valence-electron chi connectivity index (χ4n) is 3.07. The summed E-state index contributed by atoms with van der Waals surface area (Å²) < 4.78 is 0.870. The van der Waals surface area contributed by atoms with Crippen molar-refractivity contribution in [1.29, 1.82) is 0 Å². The van der Waals surface area contributed by atoms with Crippen molar-refractivity contribution in [2.24, 2.45) is 0 Å². The number of carbonyl (C=O) groups is 1. The van der Waals surface area contributed by atoms with E-state index in [-0.39, 0.29) is 5.91 Å². The van der Waals surface area contributed by atoms with E-state index >= 15 is 0 Å². The summed E-state index contributed by atoms with van der Waals surface area (Å²) >= 11 is 15.4. The third-order valence-electron chi connectivity index (χ3n) is 4.59. The number of carbonyl (C=O) groups excluding carboxylic acids is 1. The van der Waals surface area contributed by atoms with Crippen molar-refractivity contribution in [2.75, 3.05) is 11.1 Å². The van der Waals surface area contributed by atoms with Crippen LogP contribution in [0.2, 0.25) is 10.0 Å². The molecule has 30 heavy (non-hydrogen) atoms. The number of aryl methyl sites for hydroxylation is 1. The predicted molar refractivity (Wildman–Crippen MR) is 129 cm³/mol. The van der Waals surface area contributed by atoms with Crippen LogP contribution in [0.25, 0.3) is 10.8 Å². The monoisotopic (exact) mass is 472 g/mol. The van der Waals surface area contributed by atoms with Gasteiger partial charge >= 0.3 is 0 Å². The summed E-state index contributed by atoms with van der Waals surface area (Å²) in [4.78, 5) is 18.1. The van der Waals surface area contributed by atoms with Crippen LogP contribution >= 0.6 is 46.3 Å². The fraction of sp³-hybridized carbons (Fsp3) is 0.130. The molecule has 0 aliphatic carbocycles. The molecule has 1 amide bonds. The standard InChI is InChI=1S/C23H18Cl2N2OS2/c1-14-21(12-17-10-18(24)7-9-20(17)25)30-23(26-14)29-13-22(28)27-19-8-6-15-4-2-3-5-16(15)11-19/h2-11H,12-13H2,1H3,(H,27,28). The van der Waals surface area contributed by atoms with Crippen LogP contribution in [0.5, 0.6) is 0 Å². The minimum atomic E-state index is -0.0532. The number of benzene rings is 3. The van der Waals surface area contributed by atoms with Gasteiger partial charge in [-0.05, 0) is 53.6 Å². The lowest BCUT2D eigenvalue weighted by atomic mass is 10.1. The first-order valence-electron chi connectivity index (χ1n) is 9.29. The van der Waals surface area contributed by atoms with Crippen LogP contribution in [0.15, 0.2) is 65.0 Å². The highest BCUT2D eigenvalue weighted by Crippen LogP contribution is 2.31. The number of hydrogen-bond donors (Lipinski definition) is 1. The van der Waals surface area contributed by atoms with Crippen molar-refractivity contribution in [1.82, 2.24) is 4.98 Å². The van der Waals surface area contributed by atoms with Gasteiger partial charge < -0.3 is 5.32 Å². The molecule has 3 nitrogen and oxygen atoms in total. The normalized spacial score (nSPS) is 11.0. The van der Waals surface area contributed by atoms with Gasteiger partial charge in [0.2, 0.25) is 5.91 Å². The van der Waals surface area contributed by atoms with Crippen molar-refractivity contribution in [3.63, 3.8) is 0 Å². The van der Waals surface area contributed by atoms with Crippen LogP contribution in [-0.2, 0) is 11.2 Å². The van der Waals surface area contributed by atoms with Crippen molar-refractivity contribution in [3.8, 4) is 0 Å². The Labute approximate surface area is 193 Å². The average molecular weight is 473 g/mol. The molecular weight excluding hydrogens is 455 g/mol. The molecule has 0 aliphatic rings. The topological polar surface area (TPSA) is 42.0 Å². The lowest BCUT2D eigenvalue weighted by Crippen LogP contribution is -2.13. The molecule has 4 aromatic rings. The van der Waals surface area contributed by atoms with E-state index in [1.807, 2.05) is 55.5 Å². The van der Waals surface area contributed by atoms with Crippen molar-refractivity contribution < 1.29 is 4.79 Å². The number of thiazole rings is 1. The predicted octanol–water partition coefficient (Wildman–Crippen LogP) is 7.23. The minimum Gasteiger partial charge on any atom is -0.325 e. The van der Waals surface area contributed by atoms with Gasteiger partial charge in [0, 0.05) is 27.0 Å². The molecule has 0 saturated carbocycles. The van der Waals surface area contributed by atoms with Gasteiger partial charge in [-0.2, -0.15) is 0 Å². The number of hydrogen-bond acceptors (Lipinski definition) is 4. The molecule has 0 radical (unpaired) electrons. The number of thioether (sulfide) groups is 1. The Bertz CT molecular complexity index is 1220. The number of nitrogens with zero attached hydrogens (tertiary/aromatic N) is 1. The molecule has 0 saturated heterocycles. The zero-order chi connectivity index (χ0) is 21.1. The molecule has 1 N–H and O–H groups in total. The highest BCUT2D eigenvalue weighted by atomic mass is 35.5. The van der Waals surface area contributed by atoms with Crippen LogP contribution in [0, 0.1) is 6.92 Å². The molecule has 0 spiro atoms. The van der Waals surface area contributed by atoms with E-state index in [1.54, 1.807) is 17.4 Å². The van der Waals surface area contributed by atoms with Crippen molar-refractivity contribution in [3.05, 3.63) is 86.8 Å². The number of anilines is 1. The number of aromatic nitrogens is 1. The lowest BCUT2D eigenvalue weighted by Gasteiger charge is -2.06. The van der Waals surface area contributed by atoms with E-state index in [0.29, 0.717) is 22.2 Å². The number of fused-ring (bicyclic) bond motifs is 1. The van der Waals surface area contributed by atoms with E-state index in [1.165, 1.54) is 11.8 Å². The first kappa shape index (κ1) is 21.2. The highest BCUT2D eigenvalue weighted by Gasteiger charge is 2.13. The Morgan fingerprint density at radius 2 is 1.87 bits per heavy atom. The third-order valence-corrected chi connectivity index (χ3v) is 7.50. The summed E-state index contributed by atoms with van der Waals surface area (Å²) in [6.45, 7) is 1.98. The Morgan fingerprint density at radius 3 is 2.70 bits per heavy atom. The second kappa shape index (κ2) is 9.40. The Hall–Kier alpha value is -2.05. The zero-order valence-corrected chi connectivity index (χ0v) is 19.3. The summed E-state index contributed by atoms with van der Waals surface area (Å²) in [6.07, 6.45) is 0.673. The second-order valence-corrected chi connectivity index (χ2v) is 9.95. The minimum absolute atomic E-state index is 0.0532. The van der Waals surface area contributed by atoms with Gasteiger partial charge in [-0.1, -0.05) is 65.3 Å². The molecule has 152 valence electrons. The molecule has 0 fully saturated rings. The van der Waals surface area contributed by atoms with Gasteiger partial charge in [-0.3, -0.25) is 4.79 Å². The van der Waals surface area contributed by atoms with Crippen LogP contribution in [0.1, 0.15) is 16.1 Å². The summed E-state index contributed by atoms with van der Waals surface area (Å²) in [5.41, 5.74) is 2.72. The van der Waals surface area contributed by atoms with E-state index in [4.69, 9.17) is 23.2 Å². The maximum Gasteiger partial charge on any atom is 0.234 e. The average Bonchev–Trinajstić information content (AvgIpc) is 3.08. The largest absolute Gasteiger partial charge is 0.325 e. The van der Waals surface area contributed by atoms with E-state index in [0.717, 1.165) is 36.9 Å². The lowest BCUT2D eigenvalue weighted by molar-refractivity contribution is -0.113. The van der Waals surface area contributed by atoms with E-state index in [2.05, 4.69) is 16.4 Å². The molecule has 1 aromatic heterocycles. The number of amides is 1. The molecule has 0 bridgehead atoms. The van der Waals surface area contributed by atoms with Gasteiger partial charge in [0.05, 0.1) is 11.4 Å². The fourth-order valence-corrected chi connectivity index (χ4v) is 5.51. The van der Waals surface area contributed by atoms with Crippen LogP contribution in [0.3, 0.4) is 0 Å². The molecule has 4 rings (SSSR count). The highest BCUT2D eigenvalue weighted by molar-refractivity contribution is 8.01. The first-order valence-corrected chi connectivity index (χ1v) is 11.9. The van der Waals surface area contributed by atoms with Crippen LogP contribution in [-0.4, -0.2) is 16.6 Å². The molecule has 1 heterocycles. The summed E-state index contributed by atoms with van der Waals surface area (Å²) in [7, 11) is 0. The summed E-state index contributed by atoms with van der Waals surface area (Å²) in [5.74, 6) is 0.250. The number of nitrogens with one attached hydrogen (secondary N) is 1. The maximum atomic E-state index is 12.4. The molecular formula is C23H18Cl2N2OS2. The van der Waals surface area contributed by atoms with Crippen molar-refractivity contribution >= 4 is 68.7 Å². The molecule has 0 unspecified atom stereocenters. The van der Waals surface area contributed by atoms with Gasteiger partial charge in [0.1, 0.15) is 0 Å². The van der Waals surface area contributed by atoms with Gasteiger partial charge in [0.15, 0.2) is 4.34 Å². The Balaban J connectivity index is 1.38. The third kappa shape index (κ3) is 5.16. The van der Waals surface area contributed by atoms with Gasteiger partial charge in [-0.15, -0.1) is 11.3 Å². The summed E-state index contributed by atoms with van der Waals surface area (Å²) in [6, 6.07) is 19.5. The first-order chi connectivity index (χ1) is 14.5. The van der Waals surface area contributed by atoms with Crippen molar-refractivity contribution in [2.45, 2.75) is 17.7 Å². The Morgan fingerprint density at radius 1 is 1.07 bits per heavy atom. The maximum absolute atomic E-state index is 12.4. The molecule has 3 aromatic carbocycles. The zero-order valence-electron chi connectivity index (χ0n) is 16.1.